The van der Waals surface area contributed by atoms with Gasteiger partial charge in [-0.1, -0.05) is 23.4 Å². The standard InChI is InChI=1S/C18H23N5O2.ClH/c1-22-11-9-19-12-15(22)16-20-17(25-21-16)14-8-5-10-23(14)18(24)13-6-3-2-4-7-13;/h2-4,6-7,14-15,19H,5,8-12H2,1H3;1H. The number of carbonyl (C=O) groups excluding carboxylic acids is 1. The zero-order valence-electron chi connectivity index (χ0n) is 14.8. The molecule has 1 aromatic heterocycles. The second-order valence-corrected chi connectivity index (χ2v) is 6.71. The van der Waals surface area contributed by atoms with E-state index in [1.165, 1.54) is 0 Å². The van der Waals surface area contributed by atoms with Gasteiger partial charge >= 0.3 is 0 Å². The van der Waals surface area contributed by atoms with Gasteiger partial charge in [0.2, 0.25) is 5.89 Å². The van der Waals surface area contributed by atoms with Gasteiger partial charge in [0.1, 0.15) is 6.04 Å². The fraction of sp³-hybridized carbons (Fsp3) is 0.500. The van der Waals surface area contributed by atoms with Crippen molar-refractivity contribution < 1.29 is 9.32 Å². The molecule has 1 N–H and O–H groups in total. The fourth-order valence-electron chi connectivity index (χ4n) is 3.63. The molecule has 0 saturated carbocycles. The van der Waals surface area contributed by atoms with Gasteiger partial charge in [-0.3, -0.25) is 9.69 Å². The van der Waals surface area contributed by atoms with E-state index in [4.69, 9.17) is 4.52 Å². The summed E-state index contributed by atoms with van der Waals surface area (Å²) in [5, 5.41) is 7.56. The number of nitrogens with one attached hydrogen (secondary N) is 1. The molecule has 2 unspecified atom stereocenters. The average molecular weight is 378 g/mol. The number of piperazine rings is 1. The van der Waals surface area contributed by atoms with Crippen LogP contribution in [0.4, 0.5) is 0 Å². The molecule has 7 nitrogen and oxygen atoms in total. The number of nitrogens with zero attached hydrogens (tertiary/aromatic N) is 4. The Labute approximate surface area is 159 Å². The summed E-state index contributed by atoms with van der Waals surface area (Å²) in [5.74, 6) is 1.28. The van der Waals surface area contributed by atoms with Crippen molar-refractivity contribution in [3.05, 3.63) is 47.6 Å². The molecule has 26 heavy (non-hydrogen) atoms. The van der Waals surface area contributed by atoms with Crippen LogP contribution in [0.25, 0.3) is 0 Å². The first-order chi connectivity index (χ1) is 12.2. The number of aromatic nitrogens is 2. The zero-order chi connectivity index (χ0) is 17.2. The lowest BCUT2D eigenvalue weighted by Gasteiger charge is -2.30. The molecule has 2 aliphatic rings. The van der Waals surface area contributed by atoms with Gasteiger partial charge in [0.25, 0.3) is 5.91 Å². The van der Waals surface area contributed by atoms with E-state index in [1.54, 1.807) is 0 Å². The van der Waals surface area contributed by atoms with E-state index in [0.717, 1.165) is 39.0 Å². The highest BCUT2D eigenvalue weighted by Crippen LogP contribution is 2.33. The molecule has 2 fully saturated rings. The Morgan fingerprint density at radius 1 is 1.23 bits per heavy atom. The molecule has 2 saturated heterocycles. The van der Waals surface area contributed by atoms with Crippen LogP contribution in [0.1, 0.15) is 47.0 Å². The molecule has 0 spiro atoms. The largest absolute Gasteiger partial charge is 0.337 e. The van der Waals surface area contributed by atoms with Crippen molar-refractivity contribution in [2.45, 2.75) is 24.9 Å². The minimum absolute atomic E-state index is 0. The number of rotatable bonds is 3. The van der Waals surface area contributed by atoms with E-state index in [1.807, 2.05) is 35.2 Å². The number of halogens is 1. The maximum absolute atomic E-state index is 12.8. The van der Waals surface area contributed by atoms with Gasteiger partial charge in [-0.25, -0.2) is 0 Å². The number of likely N-dealkylation sites (N-methyl/N-ethyl adjacent to an activating group) is 1. The Morgan fingerprint density at radius 2 is 2.04 bits per heavy atom. The van der Waals surface area contributed by atoms with Gasteiger partial charge in [0, 0.05) is 31.7 Å². The number of likely N-dealkylation sites (tertiary alicyclic amines) is 1. The Morgan fingerprint density at radius 3 is 2.81 bits per heavy atom. The maximum Gasteiger partial charge on any atom is 0.254 e. The van der Waals surface area contributed by atoms with Crippen LogP contribution in [0, 0.1) is 0 Å². The van der Waals surface area contributed by atoms with E-state index in [2.05, 4.69) is 27.4 Å². The Kier molecular flexibility index (Phi) is 5.90. The number of amides is 1. The molecule has 2 aliphatic heterocycles. The molecule has 8 heteroatoms. The first-order valence-corrected chi connectivity index (χ1v) is 8.84. The predicted octanol–water partition coefficient (Wildman–Crippen LogP) is 2.04. The summed E-state index contributed by atoms with van der Waals surface area (Å²) in [6, 6.07) is 9.36. The summed E-state index contributed by atoms with van der Waals surface area (Å²) >= 11 is 0. The van der Waals surface area contributed by atoms with Crippen molar-refractivity contribution in [1.82, 2.24) is 25.3 Å². The van der Waals surface area contributed by atoms with Gasteiger partial charge in [0.05, 0.1) is 6.04 Å². The van der Waals surface area contributed by atoms with Crippen LogP contribution >= 0.6 is 12.4 Å². The Balaban J connectivity index is 0.00000196. The van der Waals surface area contributed by atoms with Crippen LogP contribution in [-0.2, 0) is 0 Å². The minimum Gasteiger partial charge on any atom is -0.337 e. The predicted molar refractivity (Wildman–Crippen MR) is 99.2 cm³/mol. The van der Waals surface area contributed by atoms with Crippen LogP contribution in [0.15, 0.2) is 34.9 Å². The third-order valence-corrected chi connectivity index (χ3v) is 5.09. The van der Waals surface area contributed by atoms with Crippen molar-refractivity contribution in [3.8, 4) is 0 Å². The second-order valence-electron chi connectivity index (χ2n) is 6.71. The number of hydrogen-bond acceptors (Lipinski definition) is 6. The molecule has 0 radical (unpaired) electrons. The molecule has 1 amide bonds. The lowest BCUT2D eigenvalue weighted by molar-refractivity contribution is 0.0710. The van der Waals surface area contributed by atoms with Crippen molar-refractivity contribution in [1.29, 1.82) is 0 Å². The van der Waals surface area contributed by atoms with E-state index < -0.39 is 0 Å². The SMILES string of the molecule is CN1CCNCC1c1noc(C2CCCN2C(=O)c2ccccc2)n1.Cl. The quantitative estimate of drug-likeness (QED) is 0.882. The molecule has 4 rings (SSSR count). The number of hydrogen-bond donors (Lipinski definition) is 1. The Bertz CT molecular complexity index is 738. The van der Waals surface area contributed by atoms with Gasteiger partial charge in [0.15, 0.2) is 5.82 Å². The summed E-state index contributed by atoms with van der Waals surface area (Å²) in [5.41, 5.74) is 0.699. The zero-order valence-corrected chi connectivity index (χ0v) is 15.6. The normalized spacial score (nSPS) is 23.7. The van der Waals surface area contributed by atoms with Crippen LogP contribution in [-0.4, -0.2) is 59.1 Å². The van der Waals surface area contributed by atoms with Crippen molar-refractivity contribution >= 4 is 18.3 Å². The van der Waals surface area contributed by atoms with E-state index in [-0.39, 0.29) is 30.4 Å². The monoisotopic (exact) mass is 377 g/mol. The van der Waals surface area contributed by atoms with E-state index >= 15 is 0 Å². The first-order valence-electron chi connectivity index (χ1n) is 8.84. The maximum atomic E-state index is 12.8. The molecule has 140 valence electrons. The summed E-state index contributed by atoms with van der Waals surface area (Å²) in [6.07, 6.45) is 1.81. The molecule has 2 atom stereocenters. The topological polar surface area (TPSA) is 74.5 Å². The smallest absolute Gasteiger partial charge is 0.254 e. The number of carbonyl (C=O) groups is 1. The molecular weight excluding hydrogens is 354 g/mol. The highest BCUT2D eigenvalue weighted by atomic mass is 35.5. The average Bonchev–Trinajstić information content (AvgIpc) is 3.31. The van der Waals surface area contributed by atoms with E-state index in [0.29, 0.717) is 17.3 Å². The second kappa shape index (κ2) is 8.16. The van der Waals surface area contributed by atoms with Crippen LogP contribution < -0.4 is 5.32 Å². The lowest BCUT2D eigenvalue weighted by Crippen LogP contribution is -2.44. The first kappa shape index (κ1) is 18.8. The molecular formula is C18H24ClN5O2. The van der Waals surface area contributed by atoms with Gasteiger partial charge in [-0.2, -0.15) is 4.98 Å². The lowest BCUT2D eigenvalue weighted by atomic mass is 10.1. The Hall–Kier alpha value is -1.96. The van der Waals surface area contributed by atoms with E-state index in [9.17, 15) is 4.79 Å². The minimum atomic E-state index is -0.129. The van der Waals surface area contributed by atoms with Crippen LogP contribution in [0.5, 0.6) is 0 Å². The van der Waals surface area contributed by atoms with Gasteiger partial charge in [-0.15, -0.1) is 12.4 Å². The fourth-order valence-corrected chi connectivity index (χ4v) is 3.63. The molecule has 3 heterocycles. The van der Waals surface area contributed by atoms with Crippen LogP contribution in [0.3, 0.4) is 0 Å². The van der Waals surface area contributed by atoms with Crippen molar-refractivity contribution in [3.63, 3.8) is 0 Å². The van der Waals surface area contributed by atoms with Gasteiger partial charge < -0.3 is 14.7 Å². The van der Waals surface area contributed by atoms with Crippen LogP contribution in [0.2, 0.25) is 0 Å². The third-order valence-electron chi connectivity index (χ3n) is 5.09. The number of benzene rings is 1. The van der Waals surface area contributed by atoms with Crippen molar-refractivity contribution in [2.24, 2.45) is 0 Å². The van der Waals surface area contributed by atoms with Gasteiger partial charge in [-0.05, 0) is 32.0 Å². The van der Waals surface area contributed by atoms with Crippen molar-refractivity contribution in [2.75, 3.05) is 33.2 Å². The summed E-state index contributed by atoms with van der Waals surface area (Å²) in [7, 11) is 2.07. The molecule has 0 bridgehead atoms. The molecule has 2 aromatic rings. The summed E-state index contributed by atoms with van der Waals surface area (Å²) in [4.78, 5) is 21.5. The highest BCUT2D eigenvalue weighted by Gasteiger charge is 2.35. The summed E-state index contributed by atoms with van der Waals surface area (Å²) in [6.45, 7) is 3.46. The summed E-state index contributed by atoms with van der Waals surface area (Å²) < 4.78 is 5.56. The third kappa shape index (κ3) is 3.60. The highest BCUT2D eigenvalue weighted by molar-refractivity contribution is 5.94. The molecule has 0 aliphatic carbocycles. The molecule has 1 aromatic carbocycles.